The zero-order chi connectivity index (χ0) is 11.6. The molecule has 1 rings (SSSR count). The first kappa shape index (κ1) is 11.4. The number of nitrogens with two attached hydrogens (primary N) is 1. The van der Waals surface area contributed by atoms with E-state index in [0.717, 1.165) is 5.69 Å². The summed E-state index contributed by atoms with van der Waals surface area (Å²) in [5, 5.41) is 12.0. The fraction of sp³-hybridized carbons (Fsp3) is 0.364. The Hall–Kier alpha value is -1.71. The Morgan fingerprint density at radius 1 is 1.40 bits per heavy atom. The number of aromatic carboxylic acids is 1. The molecule has 4 nitrogen and oxygen atoms in total. The van der Waals surface area contributed by atoms with E-state index in [1.807, 2.05) is 20.8 Å². The molecule has 0 fully saturated rings. The maximum atomic E-state index is 10.7. The molecule has 82 valence electrons. The van der Waals surface area contributed by atoms with Gasteiger partial charge in [-0.3, -0.25) is 0 Å². The lowest BCUT2D eigenvalue weighted by Gasteiger charge is -2.23. The molecule has 0 unspecified atom stereocenters. The van der Waals surface area contributed by atoms with Crippen LogP contribution in [0.2, 0.25) is 0 Å². The van der Waals surface area contributed by atoms with Gasteiger partial charge in [0.15, 0.2) is 0 Å². The number of nitrogen functional groups attached to an aromatic ring is 1. The quantitative estimate of drug-likeness (QED) is 0.651. The number of hydrogen-bond donors (Lipinski definition) is 3. The van der Waals surface area contributed by atoms with E-state index in [9.17, 15) is 4.79 Å². The Morgan fingerprint density at radius 2 is 2.00 bits per heavy atom. The highest BCUT2D eigenvalue weighted by Crippen LogP contribution is 2.23. The molecule has 0 bridgehead atoms. The SMILES string of the molecule is CC(C)(C)Nc1ccc(C(=O)O)cc1N. The van der Waals surface area contributed by atoms with Gasteiger partial charge in [-0.25, -0.2) is 4.79 Å². The smallest absolute Gasteiger partial charge is 0.335 e. The normalized spacial score (nSPS) is 11.1. The van der Waals surface area contributed by atoms with Crippen LogP contribution in [0.25, 0.3) is 0 Å². The third-order valence-electron chi connectivity index (χ3n) is 1.81. The standard InChI is InChI=1S/C11H16N2O2/c1-11(2,3)13-9-5-4-7(10(14)15)6-8(9)12/h4-6,13H,12H2,1-3H3,(H,14,15). The van der Waals surface area contributed by atoms with Gasteiger partial charge in [-0.1, -0.05) is 0 Å². The third kappa shape index (κ3) is 3.16. The van der Waals surface area contributed by atoms with E-state index in [2.05, 4.69) is 5.32 Å². The number of carbonyl (C=O) groups is 1. The summed E-state index contributed by atoms with van der Waals surface area (Å²) in [6.07, 6.45) is 0. The number of hydrogen-bond acceptors (Lipinski definition) is 3. The highest BCUT2D eigenvalue weighted by molar-refractivity contribution is 5.90. The van der Waals surface area contributed by atoms with Gasteiger partial charge in [0, 0.05) is 5.54 Å². The molecule has 4 N–H and O–H groups in total. The lowest BCUT2D eigenvalue weighted by molar-refractivity contribution is 0.0697. The summed E-state index contributed by atoms with van der Waals surface area (Å²) in [4.78, 5) is 10.7. The first-order chi connectivity index (χ1) is 6.79. The Labute approximate surface area is 89.1 Å². The minimum absolute atomic E-state index is 0.0984. The van der Waals surface area contributed by atoms with Crippen LogP contribution in [0.1, 0.15) is 31.1 Å². The van der Waals surface area contributed by atoms with Crippen molar-refractivity contribution in [2.75, 3.05) is 11.1 Å². The molecule has 1 aromatic carbocycles. The second-order valence-electron chi connectivity index (χ2n) is 4.48. The summed E-state index contributed by atoms with van der Waals surface area (Å²) >= 11 is 0. The first-order valence-corrected chi connectivity index (χ1v) is 4.70. The number of carboxylic acids is 1. The average Bonchev–Trinajstić information content (AvgIpc) is 2.05. The molecule has 0 atom stereocenters. The second kappa shape index (κ2) is 3.81. The van der Waals surface area contributed by atoms with E-state index >= 15 is 0 Å². The van der Waals surface area contributed by atoms with Crippen LogP contribution in [-0.4, -0.2) is 16.6 Å². The Bertz CT molecular complexity index is 381. The maximum absolute atomic E-state index is 10.7. The van der Waals surface area contributed by atoms with Crippen molar-refractivity contribution < 1.29 is 9.90 Å². The van der Waals surface area contributed by atoms with Crippen LogP contribution in [0.4, 0.5) is 11.4 Å². The lowest BCUT2D eigenvalue weighted by atomic mass is 10.1. The number of rotatable bonds is 2. The second-order valence-corrected chi connectivity index (χ2v) is 4.48. The van der Waals surface area contributed by atoms with Gasteiger partial charge in [0.2, 0.25) is 0 Å². The van der Waals surface area contributed by atoms with Crippen molar-refractivity contribution >= 4 is 17.3 Å². The van der Waals surface area contributed by atoms with Crippen LogP contribution < -0.4 is 11.1 Å². The topological polar surface area (TPSA) is 75.3 Å². The van der Waals surface area contributed by atoms with E-state index in [4.69, 9.17) is 10.8 Å². The van der Waals surface area contributed by atoms with E-state index in [0.29, 0.717) is 5.69 Å². The molecule has 15 heavy (non-hydrogen) atoms. The van der Waals surface area contributed by atoms with Crippen molar-refractivity contribution in [3.63, 3.8) is 0 Å². The van der Waals surface area contributed by atoms with Gasteiger partial charge in [-0.05, 0) is 39.0 Å². The Kier molecular flexibility index (Phi) is 2.88. The number of benzene rings is 1. The van der Waals surface area contributed by atoms with Crippen LogP contribution >= 0.6 is 0 Å². The molecule has 0 radical (unpaired) electrons. The summed E-state index contributed by atoms with van der Waals surface area (Å²) in [7, 11) is 0. The van der Waals surface area contributed by atoms with Crippen molar-refractivity contribution in [1.82, 2.24) is 0 Å². The first-order valence-electron chi connectivity index (χ1n) is 4.70. The van der Waals surface area contributed by atoms with Crippen LogP contribution in [0.15, 0.2) is 18.2 Å². The van der Waals surface area contributed by atoms with E-state index in [1.165, 1.54) is 12.1 Å². The Morgan fingerprint density at radius 3 is 2.40 bits per heavy atom. The summed E-state index contributed by atoms with van der Waals surface area (Å²) < 4.78 is 0. The number of anilines is 2. The van der Waals surface area contributed by atoms with Crippen LogP contribution in [0.5, 0.6) is 0 Å². The van der Waals surface area contributed by atoms with Crippen molar-refractivity contribution in [3.8, 4) is 0 Å². The van der Waals surface area contributed by atoms with Gasteiger partial charge in [0.25, 0.3) is 0 Å². The third-order valence-corrected chi connectivity index (χ3v) is 1.81. The van der Waals surface area contributed by atoms with Gasteiger partial charge in [0.1, 0.15) is 0 Å². The Balaban J connectivity index is 2.99. The fourth-order valence-corrected chi connectivity index (χ4v) is 1.21. The molecule has 0 aliphatic carbocycles. The minimum atomic E-state index is -0.969. The van der Waals surface area contributed by atoms with E-state index in [1.54, 1.807) is 6.07 Å². The maximum Gasteiger partial charge on any atom is 0.335 e. The monoisotopic (exact) mass is 208 g/mol. The summed E-state index contributed by atoms with van der Waals surface area (Å²) in [6.45, 7) is 6.03. The van der Waals surface area contributed by atoms with E-state index < -0.39 is 5.97 Å². The van der Waals surface area contributed by atoms with Crippen LogP contribution in [0, 0.1) is 0 Å². The highest BCUT2D eigenvalue weighted by Gasteiger charge is 2.12. The predicted molar refractivity (Wildman–Crippen MR) is 61.2 cm³/mol. The summed E-state index contributed by atoms with van der Waals surface area (Å²) in [5.41, 5.74) is 7.05. The molecule has 4 heteroatoms. The molecule has 0 spiro atoms. The van der Waals surface area contributed by atoms with E-state index in [-0.39, 0.29) is 11.1 Å². The fourth-order valence-electron chi connectivity index (χ4n) is 1.21. The minimum Gasteiger partial charge on any atom is -0.478 e. The molecule has 0 saturated heterocycles. The van der Waals surface area contributed by atoms with Gasteiger partial charge >= 0.3 is 5.97 Å². The van der Waals surface area contributed by atoms with Gasteiger partial charge in [-0.2, -0.15) is 0 Å². The van der Waals surface area contributed by atoms with Crippen molar-refractivity contribution in [1.29, 1.82) is 0 Å². The summed E-state index contributed by atoms with van der Waals surface area (Å²) in [5.74, 6) is -0.969. The van der Waals surface area contributed by atoms with Crippen LogP contribution in [0.3, 0.4) is 0 Å². The molecular formula is C11H16N2O2. The van der Waals surface area contributed by atoms with Crippen molar-refractivity contribution in [3.05, 3.63) is 23.8 Å². The van der Waals surface area contributed by atoms with Crippen molar-refractivity contribution in [2.24, 2.45) is 0 Å². The predicted octanol–water partition coefficient (Wildman–Crippen LogP) is 2.18. The zero-order valence-electron chi connectivity index (χ0n) is 9.16. The van der Waals surface area contributed by atoms with Gasteiger partial charge < -0.3 is 16.2 Å². The lowest BCUT2D eigenvalue weighted by Crippen LogP contribution is -2.26. The average molecular weight is 208 g/mol. The molecule has 0 amide bonds. The molecule has 1 aromatic rings. The molecule has 0 saturated carbocycles. The summed E-state index contributed by atoms with van der Waals surface area (Å²) in [6, 6.07) is 4.67. The largest absolute Gasteiger partial charge is 0.478 e. The highest BCUT2D eigenvalue weighted by atomic mass is 16.4. The van der Waals surface area contributed by atoms with Gasteiger partial charge in [-0.15, -0.1) is 0 Å². The van der Waals surface area contributed by atoms with Crippen LogP contribution in [-0.2, 0) is 0 Å². The number of nitrogens with one attached hydrogen (secondary N) is 1. The van der Waals surface area contributed by atoms with Gasteiger partial charge in [0.05, 0.1) is 16.9 Å². The molecule has 0 aromatic heterocycles. The zero-order valence-corrected chi connectivity index (χ0v) is 9.16. The molecule has 0 aliphatic heterocycles. The molecule has 0 heterocycles. The molecule has 0 aliphatic rings. The van der Waals surface area contributed by atoms with Crippen molar-refractivity contribution in [2.45, 2.75) is 26.3 Å². The number of carboxylic acid groups (broad SMARTS) is 1. The molecular weight excluding hydrogens is 192 g/mol.